The third-order valence-corrected chi connectivity index (χ3v) is 4.06. The largest absolute Gasteiger partial charge is 0.366 e. The standard InChI is InChI=1S/C16H17N3O2S/c1-3-8-18-16(21)10(2)22-14-9-12(15(17)20)11-6-4-5-7-13(11)19-14/h3-7,9-10H,1,8H2,2H3,(H2,17,20)(H,18,21)/t10-/m1/s1. The first-order chi connectivity index (χ1) is 10.5. The number of rotatable bonds is 6. The second kappa shape index (κ2) is 7.09. The summed E-state index contributed by atoms with van der Waals surface area (Å²) in [5.74, 6) is -0.621. The molecule has 22 heavy (non-hydrogen) atoms. The molecule has 114 valence electrons. The van der Waals surface area contributed by atoms with Gasteiger partial charge in [0, 0.05) is 11.9 Å². The van der Waals surface area contributed by atoms with Gasteiger partial charge in [-0.3, -0.25) is 9.59 Å². The Balaban J connectivity index is 2.30. The summed E-state index contributed by atoms with van der Waals surface area (Å²) >= 11 is 1.28. The minimum absolute atomic E-state index is 0.111. The molecule has 0 saturated carbocycles. The molecule has 0 radical (unpaired) electrons. The Morgan fingerprint density at radius 2 is 2.18 bits per heavy atom. The molecule has 1 aromatic carbocycles. The number of hydrogen-bond acceptors (Lipinski definition) is 4. The second-order valence-corrected chi connectivity index (χ2v) is 6.04. The summed E-state index contributed by atoms with van der Waals surface area (Å²) in [4.78, 5) is 28.0. The van der Waals surface area contributed by atoms with Crippen LogP contribution in [0.5, 0.6) is 0 Å². The van der Waals surface area contributed by atoms with Gasteiger partial charge in [0.2, 0.25) is 11.8 Å². The predicted molar refractivity (Wildman–Crippen MR) is 88.8 cm³/mol. The summed E-state index contributed by atoms with van der Waals surface area (Å²) in [7, 11) is 0. The van der Waals surface area contributed by atoms with E-state index >= 15 is 0 Å². The first kappa shape index (κ1) is 16.0. The number of benzene rings is 1. The number of primary amides is 1. The van der Waals surface area contributed by atoms with Gasteiger partial charge in [-0.25, -0.2) is 4.98 Å². The zero-order valence-electron chi connectivity index (χ0n) is 12.2. The summed E-state index contributed by atoms with van der Waals surface area (Å²) in [6, 6.07) is 8.92. The van der Waals surface area contributed by atoms with Crippen molar-refractivity contribution in [3.63, 3.8) is 0 Å². The number of fused-ring (bicyclic) bond motifs is 1. The molecule has 0 aliphatic heterocycles. The average molecular weight is 315 g/mol. The third kappa shape index (κ3) is 3.65. The van der Waals surface area contributed by atoms with E-state index in [4.69, 9.17) is 5.73 Å². The highest BCUT2D eigenvalue weighted by molar-refractivity contribution is 8.00. The SMILES string of the molecule is C=CCNC(=O)[C@@H](C)Sc1cc(C(N)=O)c2ccccc2n1. The topological polar surface area (TPSA) is 85.1 Å². The van der Waals surface area contributed by atoms with Crippen LogP contribution in [0.4, 0.5) is 0 Å². The number of pyridine rings is 1. The van der Waals surface area contributed by atoms with E-state index in [1.165, 1.54) is 11.8 Å². The van der Waals surface area contributed by atoms with E-state index in [1.54, 1.807) is 25.1 Å². The van der Waals surface area contributed by atoms with Crippen LogP contribution in [0, 0.1) is 0 Å². The average Bonchev–Trinajstić information content (AvgIpc) is 2.51. The molecule has 2 aromatic rings. The predicted octanol–water partition coefficient (Wildman–Crippen LogP) is 2.12. The van der Waals surface area contributed by atoms with Crippen molar-refractivity contribution in [2.75, 3.05) is 6.54 Å². The van der Waals surface area contributed by atoms with Crippen LogP contribution in [-0.2, 0) is 4.79 Å². The number of thioether (sulfide) groups is 1. The zero-order chi connectivity index (χ0) is 16.1. The van der Waals surface area contributed by atoms with Crippen molar-refractivity contribution >= 4 is 34.5 Å². The maximum absolute atomic E-state index is 11.9. The van der Waals surface area contributed by atoms with Gasteiger partial charge < -0.3 is 11.1 Å². The molecule has 2 rings (SSSR count). The molecule has 0 bridgehead atoms. The maximum Gasteiger partial charge on any atom is 0.249 e. The minimum atomic E-state index is -0.510. The first-order valence-corrected chi connectivity index (χ1v) is 7.65. The van der Waals surface area contributed by atoms with Gasteiger partial charge in [-0.05, 0) is 19.1 Å². The van der Waals surface area contributed by atoms with Gasteiger partial charge in [-0.1, -0.05) is 36.0 Å². The summed E-state index contributed by atoms with van der Waals surface area (Å²) in [5, 5.41) is 3.69. The Morgan fingerprint density at radius 1 is 1.45 bits per heavy atom. The van der Waals surface area contributed by atoms with Crippen LogP contribution in [0.25, 0.3) is 10.9 Å². The molecule has 0 fully saturated rings. The number of hydrogen-bond donors (Lipinski definition) is 2. The van der Waals surface area contributed by atoms with E-state index in [0.717, 1.165) is 0 Å². The third-order valence-electron chi connectivity index (χ3n) is 3.05. The fourth-order valence-corrected chi connectivity index (χ4v) is 2.86. The fourth-order valence-electron chi connectivity index (χ4n) is 1.97. The molecule has 5 nitrogen and oxygen atoms in total. The van der Waals surface area contributed by atoms with Gasteiger partial charge in [0.25, 0.3) is 0 Å². The van der Waals surface area contributed by atoms with Gasteiger partial charge in [0.05, 0.1) is 21.4 Å². The highest BCUT2D eigenvalue weighted by Crippen LogP contribution is 2.26. The number of para-hydroxylation sites is 1. The molecule has 6 heteroatoms. The maximum atomic E-state index is 11.9. The molecular weight excluding hydrogens is 298 g/mol. The molecule has 3 N–H and O–H groups in total. The normalized spacial score (nSPS) is 11.9. The van der Waals surface area contributed by atoms with Crippen molar-refractivity contribution in [1.29, 1.82) is 0 Å². The second-order valence-electron chi connectivity index (χ2n) is 4.68. The Kier molecular flexibility index (Phi) is 5.16. The van der Waals surface area contributed by atoms with Crippen LogP contribution in [-0.4, -0.2) is 28.6 Å². The molecule has 1 heterocycles. The van der Waals surface area contributed by atoms with Gasteiger partial charge in [-0.2, -0.15) is 0 Å². The Hall–Kier alpha value is -2.34. The van der Waals surface area contributed by atoms with Crippen LogP contribution in [0.1, 0.15) is 17.3 Å². The highest BCUT2D eigenvalue weighted by Gasteiger charge is 2.17. The van der Waals surface area contributed by atoms with Gasteiger partial charge in [-0.15, -0.1) is 6.58 Å². The lowest BCUT2D eigenvalue weighted by atomic mass is 10.1. The fraction of sp³-hybridized carbons (Fsp3) is 0.188. The molecule has 0 aliphatic rings. The van der Waals surface area contributed by atoms with Crippen molar-refractivity contribution in [3.05, 3.63) is 48.6 Å². The lowest BCUT2D eigenvalue weighted by molar-refractivity contribution is -0.120. The number of aromatic nitrogens is 1. The molecule has 0 aliphatic carbocycles. The van der Waals surface area contributed by atoms with E-state index in [2.05, 4.69) is 16.9 Å². The number of carbonyl (C=O) groups excluding carboxylic acids is 2. The minimum Gasteiger partial charge on any atom is -0.366 e. The molecular formula is C16H17N3O2S. The first-order valence-electron chi connectivity index (χ1n) is 6.77. The number of amides is 2. The Morgan fingerprint density at radius 3 is 2.86 bits per heavy atom. The molecule has 0 unspecified atom stereocenters. The van der Waals surface area contributed by atoms with E-state index in [-0.39, 0.29) is 11.2 Å². The van der Waals surface area contributed by atoms with Crippen LogP contribution in [0.2, 0.25) is 0 Å². The monoisotopic (exact) mass is 315 g/mol. The molecule has 0 spiro atoms. The lowest BCUT2D eigenvalue weighted by Crippen LogP contribution is -2.30. The number of nitrogens with zero attached hydrogens (tertiary/aromatic N) is 1. The van der Waals surface area contributed by atoms with E-state index in [0.29, 0.717) is 28.0 Å². The summed E-state index contributed by atoms with van der Waals surface area (Å²) in [6.45, 7) is 5.76. The summed E-state index contributed by atoms with van der Waals surface area (Å²) in [6.07, 6.45) is 1.62. The lowest BCUT2D eigenvalue weighted by Gasteiger charge is -2.12. The van der Waals surface area contributed by atoms with Gasteiger partial charge >= 0.3 is 0 Å². The van der Waals surface area contributed by atoms with Crippen molar-refractivity contribution in [1.82, 2.24) is 10.3 Å². The van der Waals surface area contributed by atoms with Crippen molar-refractivity contribution in [3.8, 4) is 0 Å². The summed E-state index contributed by atoms with van der Waals surface area (Å²) < 4.78 is 0. The quantitative estimate of drug-likeness (QED) is 0.631. The summed E-state index contributed by atoms with van der Waals surface area (Å²) in [5.41, 5.74) is 6.53. The van der Waals surface area contributed by atoms with Crippen molar-refractivity contribution < 1.29 is 9.59 Å². The highest BCUT2D eigenvalue weighted by atomic mass is 32.2. The van der Waals surface area contributed by atoms with E-state index in [1.807, 2.05) is 18.2 Å². The van der Waals surface area contributed by atoms with Gasteiger partial charge in [0.1, 0.15) is 0 Å². The molecule has 1 atom stereocenters. The molecule has 2 amide bonds. The smallest absolute Gasteiger partial charge is 0.249 e. The molecule has 0 saturated heterocycles. The zero-order valence-corrected chi connectivity index (χ0v) is 13.0. The number of carbonyl (C=O) groups is 2. The van der Waals surface area contributed by atoms with Crippen LogP contribution >= 0.6 is 11.8 Å². The van der Waals surface area contributed by atoms with Crippen LogP contribution < -0.4 is 11.1 Å². The van der Waals surface area contributed by atoms with Crippen molar-refractivity contribution in [2.45, 2.75) is 17.2 Å². The van der Waals surface area contributed by atoms with Crippen LogP contribution in [0.3, 0.4) is 0 Å². The number of nitrogens with two attached hydrogens (primary N) is 1. The number of nitrogens with one attached hydrogen (secondary N) is 1. The van der Waals surface area contributed by atoms with Crippen LogP contribution in [0.15, 0.2) is 48.0 Å². The van der Waals surface area contributed by atoms with E-state index in [9.17, 15) is 9.59 Å². The van der Waals surface area contributed by atoms with E-state index < -0.39 is 5.91 Å². The Bertz CT molecular complexity index is 730. The van der Waals surface area contributed by atoms with Gasteiger partial charge in [0.15, 0.2) is 0 Å². The molecule has 1 aromatic heterocycles. The Labute approximate surface area is 133 Å². The van der Waals surface area contributed by atoms with Crippen molar-refractivity contribution in [2.24, 2.45) is 5.73 Å².